The van der Waals surface area contributed by atoms with Crippen molar-refractivity contribution >= 4 is 12.2 Å². The third kappa shape index (κ3) is 3.05. The number of hydrazine groups is 1. The van der Waals surface area contributed by atoms with Gasteiger partial charge in [0.1, 0.15) is 13.2 Å². The van der Waals surface area contributed by atoms with Gasteiger partial charge in [0.2, 0.25) is 0 Å². The first kappa shape index (κ1) is 14.4. The Balaban J connectivity index is 1.69. The normalized spacial score (nSPS) is 22.4. The van der Waals surface area contributed by atoms with Crippen molar-refractivity contribution in [3.8, 4) is 0 Å². The molecular formula is C16H18N2O4. The van der Waals surface area contributed by atoms with Crippen molar-refractivity contribution in [2.75, 3.05) is 13.2 Å². The van der Waals surface area contributed by atoms with Crippen LogP contribution in [0, 0.1) is 0 Å². The highest BCUT2D eigenvalue weighted by Crippen LogP contribution is 2.22. The summed E-state index contributed by atoms with van der Waals surface area (Å²) in [6, 6.07) is 9.33. The number of cyclic esters (lactones) is 1. The second-order valence-electron chi connectivity index (χ2n) is 5.25. The van der Waals surface area contributed by atoms with Crippen LogP contribution in [-0.4, -0.2) is 41.4 Å². The molecule has 6 nitrogen and oxygen atoms in total. The molecule has 22 heavy (non-hydrogen) atoms. The van der Waals surface area contributed by atoms with E-state index in [0.29, 0.717) is 13.2 Å². The molecule has 1 aromatic rings. The highest BCUT2D eigenvalue weighted by Gasteiger charge is 2.40. The molecule has 0 bridgehead atoms. The Morgan fingerprint density at radius 1 is 1.27 bits per heavy atom. The SMILES string of the molecule is O=C(OCc1ccccc1)N1C/C=C\CC[C@@H]2COC(=O)N21. The molecule has 1 aromatic carbocycles. The zero-order valence-electron chi connectivity index (χ0n) is 12.2. The molecule has 1 fully saturated rings. The molecule has 2 heterocycles. The number of nitrogens with zero attached hydrogens (tertiary/aromatic N) is 2. The number of carbonyl (C=O) groups is 2. The van der Waals surface area contributed by atoms with Gasteiger partial charge in [0, 0.05) is 0 Å². The van der Waals surface area contributed by atoms with E-state index in [1.54, 1.807) is 0 Å². The summed E-state index contributed by atoms with van der Waals surface area (Å²) in [4.78, 5) is 24.2. The van der Waals surface area contributed by atoms with Gasteiger partial charge in [0.05, 0.1) is 12.6 Å². The van der Waals surface area contributed by atoms with Crippen molar-refractivity contribution in [1.29, 1.82) is 0 Å². The van der Waals surface area contributed by atoms with Gasteiger partial charge in [-0.2, -0.15) is 0 Å². The van der Waals surface area contributed by atoms with Crippen LogP contribution in [0.25, 0.3) is 0 Å². The third-order valence-electron chi connectivity index (χ3n) is 3.72. The Morgan fingerprint density at radius 2 is 2.09 bits per heavy atom. The van der Waals surface area contributed by atoms with E-state index in [1.165, 1.54) is 10.0 Å². The molecule has 2 aliphatic rings. The highest BCUT2D eigenvalue weighted by molar-refractivity contribution is 5.76. The molecule has 6 heteroatoms. The van der Waals surface area contributed by atoms with Crippen LogP contribution >= 0.6 is 0 Å². The maximum atomic E-state index is 12.3. The lowest BCUT2D eigenvalue weighted by molar-refractivity contribution is -0.00428. The first-order valence-corrected chi connectivity index (χ1v) is 7.35. The number of carbonyl (C=O) groups excluding carboxylic acids is 2. The molecule has 1 atom stereocenters. The van der Waals surface area contributed by atoms with E-state index in [2.05, 4.69) is 0 Å². The fourth-order valence-corrected chi connectivity index (χ4v) is 2.58. The summed E-state index contributed by atoms with van der Waals surface area (Å²) in [6.07, 6.45) is 4.48. The second-order valence-corrected chi connectivity index (χ2v) is 5.25. The molecule has 0 unspecified atom stereocenters. The molecule has 1 saturated heterocycles. The van der Waals surface area contributed by atoms with Crippen LogP contribution in [0.15, 0.2) is 42.5 Å². The van der Waals surface area contributed by atoms with E-state index in [-0.39, 0.29) is 12.6 Å². The minimum atomic E-state index is -0.542. The second kappa shape index (κ2) is 6.51. The number of allylic oxidation sites excluding steroid dienone is 1. The van der Waals surface area contributed by atoms with E-state index < -0.39 is 12.2 Å². The van der Waals surface area contributed by atoms with Crippen LogP contribution in [0.4, 0.5) is 9.59 Å². The van der Waals surface area contributed by atoms with Gasteiger partial charge in [-0.3, -0.25) is 0 Å². The number of amides is 2. The highest BCUT2D eigenvalue weighted by atomic mass is 16.6. The van der Waals surface area contributed by atoms with Crippen molar-refractivity contribution < 1.29 is 19.1 Å². The lowest BCUT2D eigenvalue weighted by Crippen LogP contribution is -2.51. The van der Waals surface area contributed by atoms with Gasteiger partial charge in [-0.05, 0) is 18.4 Å². The fraction of sp³-hybridized carbons (Fsp3) is 0.375. The molecule has 0 N–H and O–H groups in total. The van der Waals surface area contributed by atoms with Crippen molar-refractivity contribution in [2.45, 2.75) is 25.5 Å². The summed E-state index contributed by atoms with van der Waals surface area (Å²) < 4.78 is 10.4. The maximum Gasteiger partial charge on any atom is 0.429 e. The summed E-state index contributed by atoms with van der Waals surface area (Å²) in [5.74, 6) is 0. The molecular weight excluding hydrogens is 284 g/mol. The predicted molar refractivity (Wildman–Crippen MR) is 78.7 cm³/mol. The van der Waals surface area contributed by atoms with Crippen molar-refractivity contribution in [3.05, 3.63) is 48.0 Å². The van der Waals surface area contributed by atoms with E-state index in [4.69, 9.17) is 9.47 Å². The van der Waals surface area contributed by atoms with Crippen LogP contribution in [0.3, 0.4) is 0 Å². The van der Waals surface area contributed by atoms with Gasteiger partial charge in [0.25, 0.3) is 0 Å². The van der Waals surface area contributed by atoms with Crippen LogP contribution < -0.4 is 0 Å². The lowest BCUT2D eigenvalue weighted by Gasteiger charge is -2.33. The maximum absolute atomic E-state index is 12.3. The first-order valence-electron chi connectivity index (χ1n) is 7.35. The Morgan fingerprint density at radius 3 is 2.91 bits per heavy atom. The topological polar surface area (TPSA) is 59.1 Å². The number of hydrogen-bond acceptors (Lipinski definition) is 4. The lowest BCUT2D eigenvalue weighted by atomic mass is 10.1. The third-order valence-corrected chi connectivity index (χ3v) is 3.72. The first-order chi connectivity index (χ1) is 10.8. The average Bonchev–Trinajstić information content (AvgIpc) is 2.86. The quantitative estimate of drug-likeness (QED) is 0.788. The molecule has 116 valence electrons. The van der Waals surface area contributed by atoms with E-state index in [0.717, 1.165) is 18.4 Å². The minimum absolute atomic E-state index is 0.110. The minimum Gasteiger partial charge on any atom is -0.446 e. The summed E-state index contributed by atoms with van der Waals surface area (Å²) in [5, 5.41) is 2.70. The number of ether oxygens (including phenoxy) is 2. The van der Waals surface area contributed by atoms with Crippen LogP contribution in [-0.2, 0) is 16.1 Å². The zero-order valence-corrected chi connectivity index (χ0v) is 12.2. The number of fused-ring (bicyclic) bond motifs is 1. The van der Waals surface area contributed by atoms with Crippen molar-refractivity contribution in [2.24, 2.45) is 0 Å². The van der Waals surface area contributed by atoms with Crippen molar-refractivity contribution in [1.82, 2.24) is 10.0 Å². The van der Waals surface area contributed by atoms with Crippen LogP contribution in [0.1, 0.15) is 18.4 Å². The Hall–Kier alpha value is -2.50. The van der Waals surface area contributed by atoms with Gasteiger partial charge < -0.3 is 9.47 Å². The average molecular weight is 302 g/mol. The molecule has 0 radical (unpaired) electrons. The van der Waals surface area contributed by atoms with Crippen LogP contribution in [0.5, 0.6) is 0 Å². The molecule has 3 rings (SSSR count). The predicted octanol–water partition coefficient (Wildman–Crippen LogP) is 2.71. The Bertz CT molecular complexity index is 573. The van der Waals surface area contributed by atoms with Gasteiger partial charge in [0.15, 0.2) is 0 Å². The van der Waals surface area contributed by atoms with Gasteiger partial charge in [-0.25, -0.2) is 19.6 Å². The molecule has 0 saturated carbocycles. The summed E-state index contributed by atoms with van der Waals surface area (Å²) in [5.41, 5.74) is 0.902. The standard InChI is InChI=1S/C16H18N2O4/c19-15(21-11-13-7-3-1-4-8-13)17-10-6-2-5-9-14-12-22-16(20)18(14)17/h1-4,6-8,14H,5,9-12H2/b6-2-/t14-/m1/s1. The molecule has 0 aromatic heterocycles. The molecule has 0 spiro atoms. The molecule has 2 aliphatic heterocycles. The van der Waals surface area contributed by atoms with Gasteiger partial charge in [-0.1, -0.05) is 42.5 Å². The number of hydrogen-bond donors (Lipinski definition) is 0. The largest absolute Gasteiger partial charge is 0.446 e. The smallest absolute Gasteiger partial charge is 0.429 e. The van der Waals surface area contributed by atoms with E-state index >= 15 is 0 Å². The summed E-state index contributed by atoms with van der Waals surface area (Å²) in [7, 11) is 0. The van der Waals surface area contributed by atoms with Gasteiger partial charge in [-0.15, -0.1) is 0 Å². The monoisotopic (exact) mass is 302 g/mol. The van der Waals surface area contributed by atoms with E-state index in [9.17, 15) is 9.59 Å². The Kier molecular flexibility index (Phi) is 4.27. The molecule has 2 amide bonds. The van der Waals surface area contributed by atoms with Crippen molar-refractivity contribution in [3.63, 3.8) is 0 Å². The summed E-state index contributed by atoms with van der Waals surface area (Å²) >= 11 is 0. The Labute approximate surface area is 128 Å². The summed E-state index contributed by atoms with van der Waals surface area (Å²) in [6.45, 7) is 0.793. The fourth-order valence-electron chi connectivity index (χ4n) is 2.58. The van der Waals surface area contributed by atoms with Gasteiger partial charge >= 0.3 is 12.2 Å². The number of rotatable bonds is 2. The zero-order chi connectivity index (χ0) is 15.4. The van der Waals surface area contributed by atoms with Crippen LogP contribution in [0.2, 0.25) is 0 Å². The van der Waals surface area contributed by atoms with E-state index in [1.807, 2.05) is 42.5 Å². The molecule has 0 aliphatic carbocycles. The number of benzene rings is 1.